The molecule has 2 atom stereocenters. The number of aliphatic hydroxyl groups is 1. The summed E-state index contributed by atoms with van der Waals surface area (Å²) in [7, 11) is -3.55. The van der Waals surface area contributed by atoms with Gasteiger partial charge in [0.15, 0.2) is 0 Å². The number of nitrogens with one attached hydrogen (secondary N) is 1. The molecule has 0 bridgehead atoms. The quantitative estimate of drug-likeness (QED) is 0.776. The first-order valence-electron chi connectivity index (χ1n) is 6.14. The maximum absolute atomic E-state index is 12.2. The number of hydrogen-bond acceptors (Lipinski definition) is 4. The van der Waals surface area contributed by atoms with Crippen LogP contribution in [0.3, 0.4) is 0 Å². The fourth-order valence-corrected chi connectivity index (χ4v) is 5.30. The first-order chi connectivity index (χ1) is 8.76. The van der Waals surface area contributed by atoms with Crippen LogP contribution in [0.25, 0.3) is 0 Å². The average Bonchev–Trinajstić information content (AvgIpc) is 2.72. The molecule has 0 aliphatic rings. The zero-order valence-electron chi connectivity index (χ0n) is 11.3. The molecule has 1 heterocycles. The molecule has 0 aliphatic heterocycles. The number of rotatable bonds is 7. The Kier molecular flexibility index (Phi) is 6.46. The summed E-state index contributed by atoms with van der Waals surface area (Å²) in [6, 6.07) is 2.80. The molecular weight excluding hydrogens is 350 g/mol. The van der Waals surface area contributed by atoms with E-state index in [0.717, 1.165) is 21.5 Å². The van der Waals surface area contributed by atoms with Gasteiger partial charge >= 0.3 is 0 Å². The predicted molar refractivity (Wildman–Crippen MR) is 81.8 cm³/mol. The SMILES string of the molecule is CC(C)CC(C)C(CO)NS(=O)(=O)c1ccc(Br)s1. The molecule has 0 aromatic carbocycles. The van der Waals surface area contributed by atoms with E-state index < -0.39 is 16.1 Å². The lowest BCUT2D eigenvalue weighted by Crippen LogP contribution is -2.42. The van der Waals surface area contributed by atoms with Crippen LogP contribution in [0.2, 0.25) is 0 Å². The maximum Gasteiger partial charge on any atom is 0.250 e. The molecule has 1 rings (SSSR count). The number of thiophene rings is 1. The van der Waals surface area contributed by atoms with Crippen LogP contribution in [0, 0.1) is 11.8 Å². The van der Waals surface area contributed by atoms with Gasteiger partial charge in [0.25, 0.3) is 0 Å². The molecule has 2 unspecified atom stereocenters. The van der Waals surface area contributed by atoms with Gasteiger partial charge in [-0.3, -0.25) is 0 Å². The molecule has 7 heteroatoms. The van der Waals surface area contributed by atoms with Gasteiger partial charge in [0.05, 0.1) is 10.4 Å². The van der Waals surface area contributed by atoms with Crippen molar-refractivity contribution in [2.75, 3.05) is 6.61 Å². The van der Waals surface area contributed by atoms with Crippen LogP contribution in [-0.4, -0.2) is 26.2 Å². The molecule has 0 aliphatic carbocycles. The first-order valence-corrected chi connectivity index (χ1v) is 9.24. The molecule has 0 saturated carbocycles. The normalized spacial score (nSPS) is 15.7. The topological polar surface area (TPSA) is 66.4 Å². The third-order valence-electron chi connectivity index (χ3n) is 2.85. The van der Waals surface area contributed by atoms with Gasteiger partial charge in [0.2, 0.25) is 10.0 Å². The van der Waals surface area contributed by atoms with Crippen molar-refractivity contribution >= 4 is 37.3 Å². The van der Waals surface area contributed by atoms with E-state index in [1.165, 1.54) is 0 Å². The van der Waals surface area contributed by atoms with E-state index in [1.807, 2.05) is 6.92 Å². The van der Waals surface area contributed by atoms with E-state index in [-0.39, 0.29) is 16.7 Å². The van der Waals surface area contributed by atoms with Crippen LogP contribution in [0.5, 0.6) is 0 Å². The Balaban J connectivity index is 2.80. The molecular formula is C12H20BrNO3S2. The summed E-state index contributed by atoms with van der Waals surface area (Å²) in [6.07, 6.45) is 0.863. The predicted octanol–water partition coefficient (Wildman–Crippen LogP) is 2.83. The van der Waals surface area contributed by atoms with Crippen molar-refractivity contribution in [3.63, 3.8) is 0 Å². The van der Waals surface area contributed by atoms with Gasteiger partial charge in [-0.25, -0.2) is 13.1 Å². The minimum atomic E-state index is -3.55. The van der Waals surface area contributed by atoms with Crippen molar-refractivity contribution in [1.82, 2.24) is 4.72 Å². The second-order valence-electron chi connectivity index (χ2n) is 5.08. The molecule has 1 aromatic heterocycles. The smallest absolute Gasteiger partial charge is 0.250 e. The highest BCUT2D eigenvalue weighted by molar-refractivity contribution is 9.11. The Hall–Kier alpha value is 0.0500. The van der Waals surface area contributed by atoms with Crippen molar-refractivity contribution < 1.29 is 13.5 Å². The summed E-state index contributed by atoms with van der Waals surface area (Å²) < 4.78 is 28.0. The fourth-order valence-electron chi connectivity index (χ4n) is 1.94. The van der Waals surface area contributed by atoms with Crippen LogP contribution < -0.4 is 4.72 Å². The third-order valence-corrected chi connectivity index (χ3v) is 6.45. The number of halogens is 1. The molecule has 1 aromatic rings. The maximum atomic E-state index is 12.2. The lowest BCUT2D eigenvalue weighted by molar-refractivity contribution is 0.208. The van der Waals surface area contributed by atoms with Crippen LogP contribution in [0.1, 0.15) is 27.2 Å². The van der Waals surface area contributed by atoms with E-state index in [0.29, 0.717) is 5.92 Å². The summed E-state index contributed by atoms with van der Waals surface area (Å²) in [5.41, 5.74) is 0. The first kappa shape index (κ1) is 17.1. The van der Waals surface area contributed by atoms with E-state index in [2.05, 4.69) is 34.5 Å². The van der Waals surface area contributed by atoms with E-state index >= 15 is 0 Å². The van der Waals surface area contributed by atoms with Crippen molar-refractivity contribution in [3.05, 3.63) is 15.9 Å². The summed E-state index contributed by atoms with van der Waals surface area (Å²) in [4.78, 5) is 0. The van der Waals surface area contributed by atoms with Crippen molar-refractivity contribution in [2.24, 2.45) is 11.8 Å². The van der Waals surface area contributed by atoms with Gasteiger partial charge in [-0.15, -0.1) is 11.3 Å². The Morgan fingerprint density at radius 1 is 1.37 bits per heavy atom. The lowest BCUT2D eigenvalue weighted by atomic mass is 9.93. The summed E-state index contributed by atoms with van der Waals surface area (Å²) >= 11 is 4.40. The largest absolute Gasteiger partial charge is 0.395 e. The fraction of sp³-hybridized carbons (Fsp3) is 0.667. The zero-order chi connectivity index (χ0) is 14.6. The summed E-state index contributed by atoms with van der Waals surface area (Å²) in [5.74, 6) is 0.549. The number of aliphatic hydroxyl groups excluding tert-OH is 1. The van der Waals surface area contributed by atoms with Gasteiger partial charge in [0.1, 0.15) is 4.21 Å². The molecule has 0 amide bonds. The molecule has 19 heavy (non-hydrogen) atoms. The van der Waals surface area contributed by atoms with E-state index in [4.69, 9.17) is 0 Å². The molecule has 110 valence electrons. The number of hydrogen-bond donors (Lipinski definition) is 2. The van der Waals surface area contributed by atoms with E-state index in [9.17, 15) is 13.5 Å². The molecule has 0 fully saturated rings. The second kappa shape index (κ2) is 7.17. The highest BCUT2D eigenvalue weighted by Crippen LogP contribution is 2.26. The van der Waals surface area contributed by atoms with Crippen molar-refractivity contribution in [3.8, 4) is 0 Å². The van der Waals surface area contributed by atoms with Crippen LogP contribution in [0.15, 0.2) is 20.1 Å². The van der Waals surface area contributed by atoms with Gasteiger partial charge in [-0.2, -0.15) is 0 Å². The zero-order valence-corrected chi connectivity index (χ0v) is 14.5. The van der Waals surface area contributed by atoms with Gasteiger partial charge in [-0.05, 0) is 46.3 Å². The van der Waals surface area contributed by atoms with Crippen LogP contribution in [0.4, 0.5) is 0 Å². The van der Waals surface area contributed by atoms with Gasteiger partial charge in [-0.1, -0.05) is 20.8 Å². The molecule has 0 saturated heterocycles. The second-order valence-corrected chi connectivity index (χ2v) is 9.48. The van der Waals surface area contributed by atoms with Crippen molar-refractivity contribution in [1.29, 1.82) is 0 Å². The van der Waals surface area contributed by atoms with Crippen LogP contribution in [-0.2, 0) is 10.0 Å². The highest BCUT2D eigenvalue weighted by atomic mass is 79.9. The monoisotopic (exact) mass is 369 g/mol. The van der Waals surface area contributed by atoms with Crippen LogP contribution >= 0.6 is 27.3 Å². The molecule has 4 nitrogen and oxygen atoms in total. The highest BCUT2D eigenvalue weighted by Gasteiger charge is 2.25. The minimum absolute atomic E-state index is 0.0863. The summed E-state index contributed by atoms with van der Waals surface area (Å²) in [5, 5.41) is 9.39. The van der Waals surface area contributed by atoms with Crippen molar-refractivity contribution in [2.45, 2.75) is 37.4 Å². The Labute approximate surface area is 127 Å². The Morgan fingerprint density at radius 3 is 2.42 bits per heavy atom. The minimum Gasteiger partial charge on any atom is -0.395 e. The lowest BCUT2D eigenvalue weighted by Gasteiger charge is -2.24. The van der Waals surface area contributed by atoms with Gasteiger partial charge in [0, 0.05) is 6.04 Å². The molecule has 2 N–H and O–H groups in total. The molecule has 0 radical (unpaired) electrons. The standard InChI is InChI=1S/C12H20BrNO3S2/c1-8(2)6-9(3)10(7-15)14-19(16,17)12-5-4-11(13)18-12/h4-5,8-10,14-15H,6-7H2,1-3H3. The van der Waals surface area contributed by atoms with Gasteiger partial charge < -0.3 is 5.11 Å². The molecule has 0 spiro atoms. The Morgan fingerprint density at radius 2 is 2.00 bits per heavy atom. The average molecular weight is 370 g/mol. The Bertz CT molecular complexity index is 499. The number of sulfonamides is 1. The third kappa shape index (κ3) is 5.15. The van der Waals surface area contributed by atoms with E-state index in [1.54, 1.807) is 12.1 Å². The summed E-state index contributed by atoms with van der Waals surface area (Å²) in [6.45, 7) is 5.92.